The van der Waals surface area contributed by atoms with Gasteiger partial charge in [0.2, 0.25) is 0 Å². The van der Waals surface area contributed by atoms with E-state index in [1.54, 1.807) is 0 Å². The van der Waals surface area contributed by atoms with Crippen molar-refractivity contribution in [3.05, 3.63) is 35.9 Å². The third kappa shape index (κ3) is 5.50. The Morgan fingerprint density at radius 2 is 1.84 bits per heavy atom. The molecular weight excluding hydrogens is 260 g/mol. The summed E-state index contributed by atoms with van der Waals surface area (Å²) >= 11 is 0. The summed E-state index contributed by atoms with van der Waals surface area (Å²) in [6.07, 6.45) is 1.10. The number of benzene rings is 1. The van der Waals surface area contributed by atoms with Gasteiger partial charge < -0.3 is 5.32 Å². The number of hydrogen-bond donors (Lipinski definition) is 3. The van der Waals surface area contributed by atoms with Crippen LogP contribution < -0.4 is 5.32 Å². The van der Waals surface area contributed by atoms with E-state index in [0.29, 0.717) is 18.1 Å². The molecule has 0 aromatic heterocycles. The maximum Gasteiger partial charge on any atom is 0.0502 e. The van der Waals surface area contributed by atoms with Gasteiger partial charge in [-0.3, -0.25) is 14.0 Å². The molecule has 2 rings (SSSR count). The van der Waals surface area contributed by atoms with Crippen molar-refractivity contribution < 1.29 is 9.11 Å². The molecular formula is C14H24N2O2S. The average molecular weight is 284 g/mol. The minimum absolute atomic E-state index is 0.478. The molecule has 0 radical (unpaired) electrons. The molecule has 1 aromatic carbocycles. The summed E-state index contributed by atoms with van der Waals surface area (Å²) in [5.74, 6) is 0.966. The number of rotatable bonds is 2. The predicted octanol–water partition coefficient (Wildman–Crippen LogP) is 2.23. The van der Waals surface area contributed by atoms with Crippen LogP contribution >= 0.6 is 10.6 Å². The van der Waals surface area contributed by atoms with Crippen LogP contribution in [-0.2, 0) is 6.54 Å². The Bertz CT molecular complexity index is 373. The Morgan fingerprint density at radius 1 is 1.05 bits per heavy atom. The van der Waals surface area contributed by atoms with Gasteiger partial charge in [-0.1, -0.05) is 30.3 Å². The van der Waals surface area contributed by atoms with E-state index in [4.69, 9.17) is 0 Å². The third-order valence-electron chi connectivity index (χ3n) is 3.42. The zero-order valence-electron chi connectivity index (χ0n) is 11.3. The first-order valence-electron chi connectivity index (χ1n) is 6.86. The second kappa shape index (κ2) is 7.26. The van der Waals surface area contributed by atoms with Crippen LogP contribution in [0.1, 0.15) is 12.0 Å². The molecule has 0 spiro atoms. The SMILES string of the molecule is OS1(O)CCNCCCN(Cc2ccccc2)CC1. The summed E-state index contributed by atoms with van der Waals surface area (Å²) < 4.78 is 19.9. The predicted molar refractivity (Wildman–Crippen MR) is 81.8 cm³/mol. The lowest BCUT2D eigenvalue weighted by atomic mass is 10.2. The quantitative estimate of drug-likeness (QED) is 0.779. The second-order valence-corrected chi connectivity index (χ2v) is 7.50. The molecule has 0 aliphatic carbocycles. The Balaban J connectivity index is 1.93. The van der Waals surface area contributed by atoms with E-state index in [-0.39, 0.29) is 0 Å². The van der Waals surface area contributed by atoms with E-state index in [9.17, 15) is 9.11 Å². The normalized spacial score (nSPS) is 23.7. The van der Waals surface area contributed by atoms with Crippen molar-refractivity contribution in [3.63, 3.8) is 0 Å². The fraction of sp³-hybridized carbons (Fsp3) is 0.571. The molecule has 1 saturated heterocycles. The smallest absolute Gasteiger partial charge is 0.0502 e. The first-order chi connectivity index (χ1) is 9.16. The minimum Gasteiger partial charge on any atom is -0.315 e. The van der Waals surface area contributed by atoms with Crippen LogP contribution in [0.3, 0.4) is 0 Å². The number of hydrogen-bond acceptors (Lipinski definition) is 4. The van der Waals surface area contributed by atoms with Crippen molar-refractivity contribution >= 4 is 10.6 Å². The minimum atomic E-state index is -2.41. The third-order valence-corrected chi connectivity index (χ3v) is 5.11. The largest absolute Gasteiger partial charge is 0.315 e. The Morgan fingerprint density at radius 3 is 2.63 bits per heavy atom. The summed E-state index contributed by atoms with van der Waals surface area (Å²) in [4.78, 5) is 2.32. The van der Waals surface area contributed by atoms with Crippen LogP contribution in [0, 0.1) is 0 Å². The van der Waals surface area contributed by atoms with E-state index >= 15 is 0 Å². The molecule has 1 fully saturated rings. The molecule has 1 aliphatic heterocycles. The molecule has 1 heterocycles. The van der Waals surface area contributed by atoms with Crippen molar-refractivity contribution in [2.75, 3.05) is 37.7 Å². The molecule has 4 nitrogen and oxygen atoms in total. The van der Waals surface area contributed by atoms with Gasteiger partial charge in [0.15, 0.2) is 0 Å². The zero-order valence-corrected chi connectivity index (χ0v) is 12.1. The van der Waals surface area contributed by atoms with Crippen LogP contribution in [0.25, 0.3) is 0 Å². The highest BCUT2D eigenvalue weighted by molar-refractivity contribution is 8.24. The fourth-order valence-electron chi connectivity index (χ4n) is 2.28. The van der Waals surface area contributed by atoms with Crippen LogP contribution in [0.15, 0.2) is 30.3 Å². The van der Waals surface area contributed by atoms with Gasteiger partial charge in [-0.2, -0.15) is 10.6 Å². The molecule has 5 heteroatoms. The molecule has 0 bridgehead atoms. The van der Waals surface area contributed by atoms with Crippen molar-refractivity contribution in [1.29, 1.82) is 0 Å². The summed E-state index contributed by atoms with van der Waals surface area (Å²) in [5.41, 5.74) is 1.28. The fourth-order valence-corrected chi connectivity index (χ4v) is 3.50. The van der Waals surface area contributed by atoms with Gasteiger partial charge >= 0.3 is 0 Å². The topological polar surface area (TPSA) is 55.7 Å². The molecule has 0 saturated carbocycles. The lowest BCUT2D eigenvalue weighted by Crippen LogP contribution is -2.34. The van der Waals surface area contributed by atoms with Crippen LogP contribution in [0.2, 0.25) is 0 Å². The highest BCUT2D eigenvalue weighted by Gasteiger charge is 2.16. The van der Waals surface area contributed by atoms with Crippen molar-refractivity contribution in [1.82, 2.24) is 10.2 Å². The molecule has 1 aliphatic rings. The maximum atomic E-state index is 9.95. The van der Waals surface area contributed by atoms with Crippen molar-refractivity contribution in [2.45, 2.75) is 13.0 Å². The first-order valence-corrected chi connectivity index (χ1v) is 8.75. The van der Waals surface area contributed by atoms with E-state index in [0.717, 1.165) is 32.6 Å². The Labute approximate surface area is 117 Å². The first kappa shape index (κ1) is 14.8. The van der Waals surface area contributed by atoms with E-state index in [2.05, 4.69) is 22.3 Å². The van der Waals surface area contributed by atoms with Crippen LogP contribution in [0.5, 0.6) is 0 Å². The van der Waals surface area contributed by atoms with Crippen molar-refractivity contribution in [2.24, 2.45) is 0 Å². The lowest BCUT2D eigenvalue weighted by Gasteiger charge is -2.36. The Kier molecular flexibility index (Phi) is 5.66. The highest BCUT2D eigenvalue weighted by atomic mass is 32.3. The highest BCUT2D eigenvalue weighted by Crippen LogP contribution is 2.37. The number of nitrogens with one attached hydrogen (secondary N) is 1. The summed E-state index contributed by atoms with van der Waals surface area (Å²) in [6.45, 7) is 4.30. The van der Waals surface area contributed by atoms with E-state index in [1.807, 2.05) is 18.2 Å². The number of nitrogens with zero attached hydrogens (tertiary/aromatic N) is 1. The van der Waals surface area contributed by atoms with Gasteiger partial charge in [-0.15, -0.1) is 0 Å². The monoisotopic (exact) mass is 284 g/mol. The van der Waals surface area contributed by atoms with E-state index in [1.165, 1.54) is 5.56 Å². The Hall–Kier alpha value is -0.590. The van der Waals surface area contributed by atoms with Crippen molar-refractivity contribution in [3.8, 4) is 0 Å². The molecule has 3 N–H and O–H groups in total. The van der Waals surface area contributed by atoms with Gasteiger partial charge in [0.1, 0.15) is 0 Å². The average Bonchev–Trinajstić information content (AvgIpc) is 2.40. The maximum absolute atomic E-state index is 9.95. The molecule has 0 unspecified atom stereocenters. The van der Waals surface area contributed by atoms with Gasteiger partial charge in [-0.05, 0) is 25.1 Å². The van der Waals surface area contributed by atoms with E-state index < -0.39 is 10.6 Å². The summed E-state index contributed by atoms with van der Waals surface area (Å²) in [5, 5.41) is 3.27. The van der Waals surface area contributed by atoms with Gasteiger partial charge in [-0.25, -0.2) is 0 Å². The molecule has 108 valence electrons. The molecule has 1 aromatic rings. The standard InChI is InChI=1S/C14H24N2O2S/c17-19(18)11-8-15-7-4-9-16(10-12-19)13-14-5-2-1-3-6-14/h1-3,5-6,15,17-18H,4,7-13H2. The second-order valence-electron chi connectivity index (χ2n) is 5.08. The molecule has 0 amide bonds. The van der Waals surface area contributed by atoms with Gasteiger partial charge in [0, 0.05) is 25.4 Å². The molecule has 0 atom stereocenters. The lowest BCUT2D eigenvalue weighted by molar-refractivity contribution is 0.272. The van der Waals surface area contributed by atoms with Gasteiger partial charge in [0.25, 0.3) is 0 Å². The molecule has 19 heavy (non-hydrogen) atoms. The summed E-state index contributed by atoms with van der Waals surface area (Å²) in [6, 6.07) is 10.4. The van der Waals surface area contributed by atoms with Crippen LogP contribution in [-0.4, -0.2) is 51.7 Å². The van der Waals surface area contributed by atoms with Gasteiger partial charge in [0.05, 0.1) is 5.75 Å². The summed E-state index contributed by atoms with van der Waals surface area (Å²) in [7, 11) is -2.41. The van der Waals surface area contributed by atoms with Crippen LogP contribution in [0.4, 0.5) is 0 Å². The zero-order chi connectivity index (χ0) is 13.6.